The van der Waals surface area contributed by atoms with Crippen molar-refractivity contribution in [2.24, 2.45) is 5.41 Å². The largest absolute Gasteiger partial charge is 0.303 e. The topological polar surface area (TPSA) is 17.1 Å². The van der Waals surface area contributed by atoms with Crippen LogP contribution in [0.3, 0.4) is 0 Å². The van der Waals surface area contributed by atoms with Crippen LogP contribution in [0.2, 0.25) is 0 Å². The summed E-state index contributed by atoms with van der Waals surface area (Å²) in [5, 5.41) is 0. The summed E-state index contributed by atoms with van der Waals surface area (Å²) in [7, 11) is 0. The van der Waals surface area contributed by atoms with Crippen LogP contribution >= 0.6 is 0 Å². The molecule has 0 saturated heterocycles. The van der Waals surface area contributed by atoms with E-state index in [9.17, 15) is 4.79 Å². The standard InChI is InChI=1S/C20H30O/c1-16(8-6-9-17(2)13-15-21)11-12-19-18(3)10-7-14-20(19,4)5/h8-9,11-12,15H,6-7,10,13-14H2,1-5H3/b12-11+,16-8+,17-9+. The Morgan fingerprint density at radius 3 is 2.57 bits per heavy atom. The number of allylic oxidation sites excluding steroid dienone is 8. The molecule has 1 heteroatoms. The van der Waals surface area contributed by atoms with Gasteiger partial charge in [0.15, 0.2) is 0 Å². The van der Waals surface area contributed by atoms with Crippen LogP contribution in [0.4, 0.5) is 0 Å². The Morgan fingerprint density at radius 1 is 1.24 bits per heavy atom. The normalized spacial score (nSPS) is 20.2. The molecule has 21 heavy (non-hydrogen) atoms. The van der Waals surface area contributed by atoms with Crippen molar-refractivity contribution in [3.8, 4) is 0 Å². The van der Waals surface area contributed by atoms with Gasteiger partial charge in [-0.15, -0.1) is 0 Å². The van der Waals surface area contributed by atoms with Crippen molar-refractivity contribution in [2.75, 3.05) is 0 Å². The minimum absolute atomic E-state index is 0.305. The molecule has 0 heterocycles. The number of rotatable bonds is 6. The molecule has 0 radical (unpaired) electrons. The van der Waals surface area contributed by atoms with E-state index in [4.69, 9.17) is 0 Å². The van der Waals surface area contributed by atoms with Gasteiger partial charge in [0.05, 0.1) is 0 Å². The van der Waals surface area contributed by atoms with Crippen molar-refractivity contribution in [2.45, 2.75) is 66.7 Å². The maximum Gasteiger partial charge on any atom is 0.124 e. The molecule has 0 fully saturated rings. The summed E-state index contributed by atoms with van der Waals surface area (Å²) in [5.41, 5.74) is 5.78. The molecule has 0 aromatic rings. The van der Waals surface area contributed by atoms with E-state index in [0.717, 1.165) is 18.3 Å². The Labute approximate surface area is 130 Å². The zero-order valence-corrected chi connectivity index (χ0v) is 14.3. The summed E-state index contributed by atoms with van der Waals surface area (Å²) < 4.78 is 0. The fourth-order valence-corrected chi connectivity index (χ4v) is 2.95. The molecular weight excluding hydrogens is 256 g/mol. The molecular formula is C20H30O. The van der Waals surface area contributed by atoms with Crippen molar-refractivity contribution in [3.05, 3.63) is 46.6 Å². The molecule has 1 aliphatic carbocycles. The van der Waals surface area contributed by atoms with Crippen LogP contribution < -0.4 is 0 Å². The minimum atomic E-state index is 0.305. The van der Waals surface area contributed by atoms with E-state index in [1.165, 1.54) is 36.0 Å². The Balaban J connectivity index is 2.71. The first kappa shape index (κ1) is 17.7. The maximum atomic E-state index is 10.4. The molecule has 1 rings (SSSR count). The third-order valence-electron chi connectivity index (χ3n) is 4.37. The third kappa shape index (κ3) is 5.87. The summed E-state index contributed by atoms with van der Waals surface area (Å²) in [6, 6.07) is 0. The fraction of sp³-hybridized carbons (Fsp3) is 0.550. The quantitative estimate of drug-likeness (QED) is 0.335. The first-order valence-corrected chi connectivity index (χ1v) is 8.01. The van der Waals surface area contributed by atoms with Crippen LogP contribution in [-0.4, -0.2) is 6.29 Å². The highest BCUT2D eigenvalue weighted by molar-refractivity contribution is 5.53. The zero-order chi connectivity index (χ0) is 15.9. The van der Waals surface area contributed by atoms with E-state index in [0.29, 0.717) is 11.8 Å². The van der Waals surface area contributed by atoms with Crippen LogP contribution in [0, 0.1) is 5.41 Å². The highest BCUT2D eigenvalue weighted by Gasteiger charge is 2.26. The van der Waals surface area contributed by atoms with E-state index in [2.05, 4.69) is 52.0 Å². The summed E-state index contributed by atoms with van der Waals surface area (Å²) in [4.78, 5) is 10.4. The van der Waals surface area contributed by atoms with Gasteiger partial charge in [-0.25, -0.2) is 0 Å². The lowest BCUT2D eigenvalue weighted by Gasteiger charge is -2.32. The predicted octanol–water partition coefficient (Wildman–Crippen LogP) is 5.94. The van der Waals surface area contributed by atoms with Gasteiger partial charge in [0.25, 0.3) is 0 Å². The number of carbonyl (C=O) groups is 1. The first-order chi connectivity index (χ1) is 9.86. The number of hydrogen-bond acceptors (Lipinski definition) is 1. The number of carbonyl (C=O) groups excluding carboxylic acids is 1. The molecule has 0 aliphatic heterocycles. The summed E-state index contributed by atoms with van der Waals surface area (Å²) in [5.74, 6) is 0. The maximum absolute atomic E-state index is 10.4. The van der Waals surface area contributed by atoms with Crippen molar-refractivity contribution < 1.29 is 4.79 Å². The third-order valence-corrected chi connectivity index (χ3v) is 4.37. The molecule has 0 aromatic heterocycles. The molecule has 0 unspecified atom stereocenters. The Hall–Kier alpha value is -1.37. The SMILES string of the molecule is CC1=C(/C=C/C(C)=C/C/C=C(\C)CC=O)C(C)(C)CCC1. The van der Waals surface area contributed by atoms with Crippen molar-refractivity contribution in [3.63, 3.8) is 0 Å². The van der Waals surface area contributed by atoms with E-state index in [1.54, 1.807) is 0 Å². The van der Waals surface area contributed by atoms with Gasteiger partial charge in [0.1, 0.15) is 6.29 Å². The fourth-order valence-electron chi connectivity index (χ4n) is 2.95. The van der Waals surface area contributed by atoms with E-state index in [-0.39, 0.29) is 0 Å². The van der Waals surface area contributed by atoms with Gasteiger partial charge in [-0.3, -0.25) is 0 Å². The highest BCUT2D eigenvalue weighted by atomic mass is 16.1. The second-order valence-electron chi connectivity index (χ2n) is 6.87. The van der Waals surface area contributed by atoms with Gasteiger partial charge >= 0.3 is 0 Å². The molecule has 1 nitrogen and oxygen atoms in total. The molecule has 0 atom stereocenters. The Kier molecular flexibility index (Phi) is 6.87. The molecule has 0 aromatic carbocycles. The van der Waals surface area contributed by atoms with Gasteiger partial charge in [-0.05, 0) is 57.4 Å². The van der Waals surface area contributed by atoms with Crippen LogP contribution in [0.25, 0.3) is 0 Å². The lowest BCUT2D eigenvalue weighted by Crippen LogP contribution is -2.19. The lowest BCUT2D eigenvalue weighted by atomic mass is 9.72. The summed E-state index contributed by atoms with van der Waals surface area (Å²) >= 11 is 0. The van der Waals surface area contributed by atoms with Crippen molar-refractivity contribution in [1.82, 2.24) is 0 Å². The van der Waals surface area contributed by atoms with Gasteiger partial charge < -0.3 is 4.79 Å². The van der Waals surface area contributed by atoms with Crippen molar-refractivity contribution in [1.29, 1.82) is 0 Å². The van der Waals surface area contributed by atoms with Gasteiger partial charge in [0, 0.05) is 6.42 Å². The molecule has 0 N–H and O–H groups in total. The minimum Gasteiger partial charge on any atom is -0.303 e. The van der Waals surface area contributed by atoms with E-state index >= 15 is 0 Å². The molecule has 0 amide bonds. The van der Waals surface area contributed by atoms with Crippen LogP contribution in [-0.2, 0) is 4.79 Å². The highest BCUT2D eigenvalue weighted by Crippen LogP contribution is 2.40. The van der Waals surface area contributed by atoms with Crippen LogP contribution in [0.15, 0.2) is 46.6 Å². The predicted molar refractivity (Wildman–Crippen MR) is 92.3 cm³/mol. The molecule has 116 valence electrons. The molecule has 0 bridgehead atoms. The second-order valence-corrected chi connectivity index (χ2v) is 6.87. The van der Waals surface area contributed by atoms with Crippen molar-refractivity contribution >= 4 is 6.29 Å². The van der Waals surface area contributed by atoms with Gasteiger partial charge in [0.2, 0.25) is 0 Å². The molecule has 0 spiro atoms. The molecule has 0 saturated carbocycles. The Bertz CT molecular complexity index is 484. The van der Waals surface area contributed by atoms with Gasteiger partial charge in [-0.2, -0.15) is 0 Å². The lowest BCUT2D eigenvalue weighted by molar-refractivity contribution is -0.107. The van der Waals surface area contributed by atoms with E-state index < -0.39 is 0 Å². The number of aldehydes is 1. The first-order valence-electron chi connectivity index (χ1n) is 8.01. The van der Waals surface area contributed by atoms with Crippen LogP contribution in [0.1, 0.15) is 66.7 Å². The second kappa shape index (κ2) is 8.17. The van der Waals surface area contributed by atoms with Gasteiger partial charge in [-0.1, -0.05) is 54.9 Å². The van der Waals surface area contributed by atoms with Crippen LogP contribution in [0.5, 0.6) is 0 Å². The average Bonchev–Trinajstić information content (AvgIpc) is 2.37. The Morgan fingerprint density at radius 2 is 1.95 bits per heavy atom. The van der Waals surface area contributed by atoms with E-state index in [1.807, 2.05) is 6.92 Å². The average molecular weight is 286 g/mol. The number of hydrogen-bond donors (Lipinski definition) is 0. The monoisotopic (exact) mass is 286 g/mol. The zero-order valence-electron chi connectivity index (χ0n) is 14.3. The smallest absolute Gasteiger partial charge is 0.124 e. The molecule has 1 aliphatic rings. The summed E-state index contributed by atoms with van der Waals surface area (Å²) in [6.45, 7) is 11.1. The summed E-state index contributed by atoms with van der Waals surface area (Å²) in [6.07, 6.45) is 15.1.